The van der Waals surface area contributed by atoms with Gasteiger partial charge in [0.25, 0.3) is 0 Å². The average Bonchev–Trinajstić information content (AvgIpc) is 3.47. The quantitative estimate of drug-likeness (QED) is 0.422. The predicted molar refractivity (Wildman–Crippen MR) is 161 cm³/mol. The molecule has 0 saturated carbocycles. The largest absolute Gasteiger partial charge is 0.371 e. The number of nitrogens with zero attached hydrogens (tertiary/aromatic N) is 6. The third-order valence-electron chi connectivity index (χ3n) is 8.53. The normalized spacial score (nSPS) is 21.0. The van der Waals surface area contributed by atoms with Crippen molar-refractivity contribution in [3.63, 3.8) is 0 Å². The molecule has 230 valence electrons. The number of piperidine rings is 1. The number of hydroxylamine groups is 1. The van der Waals surface area contributed by atoms with Crippen LogP contribution in [-0.2, 0) is 14.7 Å². The van der Waals surface area contributed by atoms with Gasteiger partial charge in [-0.15, -0.1) is 0 Å². The zero-order chi connectivity index (χ0) is 30.1. The molecule has 1 N–H and O–H groups in total. The van der Waals surface area contributed by atoms with Crippen molar-refractivity contribution < 1.29 is 22.0 Å². The molecule has 0 radical (unpaired) electrons. The summed E-state index contributed by atoms with van der Waals surface area (Å²) in [7, 11) is -1.32. The van der Waals surface area contributed by atoms with Crippen LogP contribution in [0.25, 0.3) is 0 Å². The van der Waals surface area contributed by atoms with Crippen molar-refractivity contribution in [1.82, 2.24) is 19.8 Å². The summed E-state index contributed by atoms with van der Waals surface area (Å²) >= 11 is 0. The Bertz CT molecular complexity index is 1540. The molecule has 1 aromatic heterocycles. The number of benzene rings is 2. The number of halogens is 2. The van der Waals surface area contributed by atoms with Crippen molar-refractivity contribution in [2.75, 3.05) is 74.5 Å². The van der Waals surface area contributed by atoms with Crippen LogP contribution in [0.4, 0.5) is 31.8 Å². The molecule has 1 unspecified atom stereocenters. The molecule has 3 aliphatic rings. The molecule has 43 heavy (non-hydrogen) atoms. The van der Waals surface area contributed by atoms with Crippen LogP contribution in [0.3, 0.4) is 0 Å². The van der Waals surface area contributed by atoms with E-state index < -0.39 is 27.5 Å². The number of sulfone groups is 1. The summed E-state index contributed by atoms with van der Waals surface area (Å²) in [4.78, 5) is 21.9. The Balaban J connectivity index is 1.20. The fraction of sp³-hybridized carbons (Fsp3) is 0.467. The third kappa shape index (κ3) is 6.90. The summed E-state index contributed by atoms with van der Waals surface area (Å²) in [6, 6.07) is 10.5. The van der Waals surface area contributed by atoms with E-state index in [0.29, 0.717) is 42.0 Å². The van der Waals surface area contributed by atoms with E-state index in [4.69, 9.17) is 4.84 Å². The topological polar surface area (TPSA) is 94.1 Å². The number of hydrogen-bond acceptors (Lipinski definition) is 10. The second-order valence-electron chi connectivity index (χ2n) is 11.6. The first-order chi connectivity index (χ1) is 20.6. The monoisotopic (exact) mass is 613 g/mol. The molecule has 0 amide bonds. The van der Waals surface area contributed by atoms with Gasteiger partial charge in [0.05, 0.1) is 17.5 Å². The molecule has 3 saturated heterocycles. The van der Waals surface area contributed by atoms with E-state index in [1.165, 1.54) is 29.8 Å². The van der Waals surface area contributed by atoms with E-state index in [-0.39, 0.29) is 4.90 Å². The highest BCUT2D eigenvalue weighted by Crippen LogP contribution is 2.36. The van der Waals surface area contributed by atoms with Crippen molar-refractivity contribution in [2.45, 2.75) is 36.2 Å². The highest BCUT2D eigenvalue weighted by molar-refractivity contribution is 7.90. The van der Waals surface area contributed by atoms with Gasteiger partial charge in [-0.05, 0) is 55.8 Å². The second-order valence-corrected chi connectivity index (χ2v) is 13.6. The van der Waals surface area contributed by atoms with Gasteiger partial charge >= 0.3 is 0 Å². The van der Waals surface area contributed by atoms with Gasteiger partial charge in [-0.2, -0.15) is 0 Å². The fourth-order valence-corrected chi connectivity index (χ4v) is 6.85. The molecular formula is C30H37F2N7O3S. The summed E-state index contributed by atoms with van der Waals surface area (Å²) in [6.45, 7) is 6.39. The molecule has 2 aromatic carbocycles. The molecule has 3 aliphatic heterocycles. The number of piperazine rings is 1. The fourth-order valence-electron chi connectivity index (χ4n) is 6.18. The summed E-state index contributed by atoms with van der Waals surface area (Å²) in [5, 5.41) is 4.77. The van der Waals surface area contributed by atoms with Crippen molar-refractivity contribution >= 4 is 32.8 Å². The smallest absolute Gasteiger partial charge is 0.175 e. The minimum atomic E-state index is -3.48. The number of aromatic nitrogens is 2. The van der Waals surface area contributed by atoms with Gasteiger partial charge in [0, 0.05) is 81.5 Å². The first kappa shape index (κ1) is 29.7. The van der Waals surface area contributed by atoms with Gasteiger partial charge in [-0.25, -0.2) is 32.2 Å². The van der Waals surface area contributed by atoms with Gasteiger partial charge in [0.2, 0.25) is 0 Å². The van der Waals surface area contributed by atoms with Crippen LogP contribution in [0.5, 0.6) is 0 Å². The van der Waals surface area contributed by atoms with Gasteiger partial charge in [0.15, 0.2) is 15.7 Å². The highest BCUT2D eigenvalue weighted by Gasteiger charge is 2.30. The van der Waals surface area contributed by atoms with Crippen molar-refractivity contribution in [1.29, 1.82) is 0 Å². The van der Waals surface area contributed by atoms with Gasteiger partial charge in [-0.1, -0.05) is 0 Å². The molecule has 4 heterocycles. The number of hydrogen-bond donors (Lipinski definition) is 1. The van der Waals surface area contributed by atoms with Crippen LogP contribution in [0.1, 0.15) is 30.9 Å². The van der Waals surface area contributed by atoms with Gasteiger partial charge in [-0.3, -0.25) is 9.74 Å². The SMILES string of the molecule is CN1CCN(C2CCN(c3cc(Nc4cc(N5OCCC5c5cc(F)cc(F)c5)ncn4)cc(S(C)(=O)=O)c3)CC2)CC1. The Labute approximate surface area is 251 Å². The van der Waals surface area contributed by atoms with Gasteiger partial charge in [0.1, 0.15) is 23.8 Å². The van der Waals surface area contributed by atoms with E-state index >= 15 is 0 Å². The lowest BCUT2D eigenvalue weighted by Crippen LogP contribution is -2.52. The molecule has 6 rings (SSSR count). The average molecular weight is 614 g/mol. The van der Waals surface area contributed by atoms with E-state index in [9.17, 15) is 17.2 Å². The van der Waals surface area contributed by atoms with Crippen LogP contribution in [0.15, 0.2) is 53.7 Å². The maximum atomic E-state index is 13.9. The van der Waals surface area contributed by atoms with E-state index in [1.807, 2.05) is 6.07 Å². The van der Waals surface area contributed by atoms with Crippen LogP contribution >= 0.6 is 0 Å². The Morgan fingerprint density at radius 1 is 0.884 bits per heavy atom. The molecule has 3 aromatic rings. The van der Waals surface area contributed by atoms with Gasteiger partial charge < -0.3 is 15.1 Å². The lowest BCUT2D eigenvalue weighted by Gasteiger charge is -2.42. The van der Waals surface area contributed by atoms with E-state index in [0.717, 1.165) is 63.9 Å². The van der Waals surface area contributed by atoms with Crippen LogP contribution < -0.4 is 15.3 Å². The summed E-state index contributed by atoms with van der Waals surface area (Å²) in [5.41, 5.74) is 1.87. The predicted octanol–water partition coefficient (Wildman–Crippen LogP) is 4.00. The molecule has 10 nitrogen and oxygen atoms in total. The molecule has 13 heteroatoms. The lowest BCUT2D eigenvalue weighted by molar-refractivity contribution is 0.0982. The standard InChI is InChI=1S/C30H37F2N7O3S/c1-36-8-10-38(11-9-36)25-3-6-37(7-4-25)26-16-24(17-27(18-26)43(2,40)41)35-29-19-30(34-20-33-29)39-28(5-12-42-39)21-13-22(31)15-23(32)14-21/h13-20,25,28H,3-12H2,1-2H3,(H,33,34,35). The molecule has 0 aliphatic carbocycles. The van der Waals surface area contributed by atoms with Crippen LogP contribution in [0, 0.1) is 11.6 Å². The second kappa shape index (κ2) is 12.3. The lowest BCUT2D eigenvalue weighted by atomic mass is 10.0. The van der Waals surface area contributed by atoms with Crippen molar-refractivity contribution in [3.8, 4) is 0 Å². The van der Waals surface area contributed by atoms with Crippen LogP contribution in [0.2, 0.25) is 0 Å². The first-order valence-electron chi connectivity index (χ1n) is 14.6. The van der Waals surface area contributed by atoms with Crippen LogP contribution in [-0.4, -0.2) is 93.4 Å². The maximum Gasteiger partial charge on any atom is 0.175 e. The summed E-state index contributed by atoms with van der Waals surface area (Å²) < 4.78 is 53.2. The number of likely N-dealkylation sites (N-methyl/N-ethyl adjacent to an activating group) is 1. The Hall–Kier alpha value is -3.39. The number of nitrogens with one attached hydrogen (secondary N) is 1. The zero-order valence-electron chi connectivity index (χ0n) is 24.4. The molecule has 0 bridgehead atoms. The van der Waals surface area contributed by atoms with E-state index in [2.05, 4.69) is 37.0 Å². The van der Waals surface area contributed by atoms with Crippen molar-refractivity contribution in [2.24, 2.45) is 0 Å². The minimum Gasteiger partial charge on any atom is -0.371 e. The first-order valence-corrected chi connectivity index (χ1v) is 16.5. The Morgan fingerprint density at radius 2 is 1.60 bits per heavy atom. The van der Waals surface area contributed by atoms with Crippen molar-refractivity contribution in [3.05, 3.63) is 66.0 Å². The summed E-state index contributed by atoms with van der Waals surface area (Å²) in [5.74, 6) is -0.473. The Morgan fingerprint density at radius 3 is 2.30 bits per heavy atom. The number of rotatable bonds is 7. The summed E-state index contributed by atoms with van der Waals surface area (Å²) in [6.07, 6.45) is 5.15. The third-order valence-corrected chi connectivity index (χ3v) is 9.62. The molecule has 0 spiro atoms. The minimum absolute atomic E-state index is 0.221. The Kier molecular flexibility index (Phi) is 8.49. The number of anilines is 4. The highest BCUT2D eigenvalue weighted by atomic mass is 32.2. The maximum absolute atomic E-state index is 13.9. The van der Waals surface area contributed by atoms with E-state index in [1.54, 1.807) is 18.2 Å². The molecular weight excluding hydrogens is 576 g/mol. The molecule has 1 atom stereocenters. The molecule has 3 fully saturated rings. The zero-order valence-corrected chi connectivity index (χ0v) is 25.2.